The minimum atomic E-state index is -2.92. The number of benzene rings is 2. The Hall–Kier alpha value is -2.38. The number of hydrogen-bond donors (Lipinski definition) is 2. The van der Waals surface area contributed by atoms with Gasteiger partial charge in [0.25, 0.3) is 5.91 Å². The van der Waals surface area contributed by atoms with E-state index in [4.69, 9.17) is 16.3 Å². The Kier molecular flexibility index (Phi) is 7.60. The van der Waals surface area contributed by atoms with Crippen LogP contribution in [0, 0.1) is 13.8 Å². The van der Waals surface area contributed by atoms with E-state index in [0.29, 0.717) is 17.3 Å². The van der Waals surface area contributed by atoms with Gasteiger partial charge in [0.2, 0.25) is 0 Å². The van der Waals surface area contributed by atoms with Crippen LogP contribution < -0.4 is 19.7 Å². The molecule has 1 amide bonds. The van der Waals surface area contributed by atoms with Crippen molar-refractivity contribution in [1.82, 2.24) is 0 Å². The van der Waals surface area contributed by atoms with E-state index < -0.39 is 6.61 Å². The topological polar surface area (TPSA) is 52.0 Å². The average molecular weight is 414 g/mol. The Labute approximate surface area is 168 Å². The maximum atomic E-state index is 12.4. The number of quaternary nitrogens is 1. The molecule has 152 valence electrons. The molecule has 0 aliphatic rings. The van der Waals surface area contributed by atoms with Crippen molar-refractivity contribution >= 4 is 23.2 Å². The lowest BCUT2D eigenvalue weighted by Crippen LogP contribution is -3.08. The van der Waals surface area contributed by atoms with Crippen LogP contribution in [0.1, 0.15) is 16.7 Å². The third-order valence-electron chi connectivity index (χ3n) is 4.11. The molecule has 0 heterocycles. The van der Waals surface area contributed by atoms with Crippen molar-refractivity contribution in [2.45, 2.75) is 27.0 Å². The van der Waals surface area contributed by atoms with Crippen molar-refractivity contribution in [3.05, 3.63) is 52.0 Å². The maximum Gasteiger partial charge on any atom is 0.387 e. The van der Waals surface area contributed by atoms with Gasteiger partial charge in [-0.2, -0.15) is 8.78 Å². The largest absolute Gasteiger partial charge is 0.493 e. The summed E-state index contributed by atoms with van der Waals surface area (Å²) in [5.74, 6) is 0.0224. The molecule has 2 aromatic rings. The number of hydrogen-bond acceptors (Lipinski definition) is 3. The summed E-state index contributed by atoms with van der Waals surface area (Å²) in [6, 6.07) is 8.48. The zero-order valence-electron chi connectivity index (χ0n) is 16.2. The van der Waals surface area contributed by atoms with Gasteiger partial charge in [-0.1, -0.05) is 17.7 Å². The highest BCUT2D eigenvalue weighted by Crippen LogP contribution is 2.29. The Bertz CT molecular complexity index is 823. The first kappa shape index (κ1) is 21.9. The van der Waals surface area contributed by atoms with Crippen molar-refractivity contribution in [1.29, 1.82) is 0 Å². The van der Waals surface area contributed by atoms with Crippen LogP contribution in [0.5, 0.6) is 11.5 Å². The van der Waals surface area contributed by atoms with Gasteiger partial charge in [-0.3, -0.25) is 4.79 Å². The second kappa shape index (κ2) is 9.71. The Balaban J connectivity index is 2.00. The zero-order valence-corrected chi connectivity index (χ0v) is 17.0. The molecule has 0 bridgehead atoms. The van der Waals surface area contributed by atoms with Gasteiger partial charge < -0.3 is 19.7 Å². The molecule has 2 N–H and O–H groups in total. The summed E-state index contributed by atoms with van der Waals surface area (Å²) in [6.45, 7) is 1.61. The number of ether oxygens (including phenoxy) is 2. The Morgan fingerprint density at radius 1 is 1.21 bits per heavy atom. The first-order valence-corrected chi connectivity index (χ1v) is 9.07. The number of methoxy groups -OCH3 is 1. The molecule has 0 aliphatic heterocycles. The summed E-state index contributed by atoms with van der Waals surface area (Å²) in [6.07, 6.45) is 0. The van der Waals surface area contributed by atoms with Crippen molar-refractivity contribution < 1.29 is 27.9 Å². The van der Waals surface area contributed by atoms with Gasteiger partial charge >= 0.3 is 6.61 Å². The van der Waals surface area contributed by atoms with E-state index in [0.717, 1.165) is 21.6 Å². The molecule has 0 radical (unpaired) electrons. The summed E-state index contributed by atoms with van der Waals surface area (Å²) in [5.41, 5.74) is 3.36. The first-order valence-electron chi connectivity index (χ1n) is 8.69. The molecular formula is C20H24ClF2N2O3+. The summed E-state index contributed by atoms with van der Waals surface area (Å²) >= 11 is 6.23. The van der Waals surface area contributed by atoms with E-state index in [1.807, 2.05) is 27.0 Å². The number of carbonyl (C=O) groups is 1. The van der Waals surface area contributed by atoms with E-state index in [9.17, 15) is 13.6 Å². The summed E-state index contributed by atoms with van der Waals surface area (Å²) in [5, 5.41) is 3.36. The summed E-state index contributed by atoms with van der Waals surface area (Å²) in [4.78, 5) is 13.3. The molecule has 28 heavy (non-hydrogen) atoms. The molecule has 0 saturated carbocycles. The second-order valence-electron chi connectivity index (χ2n) is 6.66. The first-order chi connectivity index (χ1) is 13.2. The third-order valence-corrected chi connectivity index (χ3v) is 4.41. The molecule has 5 nitrogen and oxygen atoms in total. The van der Waals surface area contributed by atoms with Gasteiger partial charge in [0.1, 0.15) is 6.54 Å². The normalized spacial score (nSPS) is 12.0. The molecule has 1 atom stereocenters. The predicted molar refractivity (Wildman–Crippen MR) is 105 cm³/mol. The van der Waals surface area contributed by atoms with Gasteiger partial charge in [-0.05, 0) is 49.2 Å². The lowest BCUT2D eigenvalue weighted by molar-refractivity contribution is -0.885. The number of likely N-dealkylation sites (N-methyl/N-ethyl adjacent to an activating group) is 1. The smallest absolute Gasteiger partial charge is 0.387 e. The number of nitrogens with one attached hydrogen (secondary N) is 2. The van der Waals surface area contributed by atoms with E-state index in [1.165, 1.54) is 13.2 Å². The molecular weight excluding hydrogens is 390 g/mol. The van der Waals surface area contributed by atoms with Crippen LogP contribution in [0.25, 0.3) is 0 Å². The monoisotopic (exact) mass is 413 g/mol. The number of aryl methyl sites for hydroxylation is 2. The van der Waals surface area contributed by atoms with Crippen LogP contribution in [0.4, 0.5) is 14.5 Å². The number of rotatable bonds is 8. The molecule has 0 aliphatic carbocycles. The van der Waals surface area contributed by atoms with Crippen LogP contribution in [0.15, 0.2) is 30.3 Å². The van der Waals surface area contributed by atoms with Gasteiger partial charge in [0.05, 0.1) is 24.9 Å². The van der Waals surface area contributed by atoms with Crippen molar-refractivity contribution in [2.24, 2.45) is 0 Å². The van der Waals surface area contributed by atoms with Gasteiger partial charge in [-0.15, -0.1) is 0 Å². The standard InChI is InChI=1S/C20H23ClF2N2O3/c1-12-7-13(2)19(15(21)8-12)24-18(26)11-25(3)10-14-5-6-16(28-20(22)23)17(9-14)27-4/h5-9,20H,10-11H2,1-4H3,(H,24,26)/p+1. The minimum Gasteiger partial charge on any atom is -0.493 e. The Morgan fingerprint density at radius 2 is 1.93 bits per heavy atom. The highest BCUT2D eigenvalue weighted by molar-refractivity contribution is 6.34. The maximum absolute atomic E-state index is 12.4. The lowest BCUT2D eigenvalue weighted by atomic mass is 10.1. The molecule has 0 spiro atoms. The highest BCUT2D eigenvalue weighted by Gasteiger charge is 2.16. The third kappa shape index (κ3) is 6.07. The van der Waals surface area contributed by atoms with E-state index in [-0.39, 0.29) is 24.0 Å². The molecule has 0 aromatic heterocycles. The fourth-order valence-electron chi connectivity index (χ4n) is 2.96. The second-order valence-corrected chi connectivity index (χ2v) is 7.07. The van der Waals surface area contributed by atoms with Crippen molar-refractivity contribution in [2.75, 3.05) is 26.0 Å². The van der Waals surface area contributed by atoms with E-state index in [2.05, 4.69) is 10.1 Å². The van der Waals surface area contributed by atoms with Gasteiger partial charge in [0, 0.05) is 5.56 Å². The average Bonchev–Trinajstić information content (AvgIpc) is 2.58. The van der Waals surface area contributed by atoms with E-state index >= 15 is 0 Å². The summed E-state index contributed by atoms with van der Waals surface area (Å²) in [7, 11) is 3.24. The quantitative estimate of drug-likeness (QED) is 0.698. The fraction of sp³-hybridized carbons (Fsp3) is 0.350. The molecule has 0 saturated heterocycles. The molecule has 2 aromatic carbocycles. The predicted octanol–water partition coefficient (Wildman–Crippen LogP) is 3.22. The number of carbonyl (C=O) groups excluding carboxylic acids is 1. The summed E-state index contributed by atoms with van der Waals surface area (Å²) < 4.78 is 34.3. The molecule has 0 fully saturated rings. The SMILES string of the molecule is COc1cc(C[NH+](C)CC(=O)Nc2c(C)cc(C)cc2Cl)ccc1OC(F)F. The van der Waals surface area contributed by atoms with Crippen LogP contribution >= 0.6 is 11.6 Å². The van der Waals surface area contributed by atoms with Gasteiger partial charge in [0.15, 0.2) is 18.0 Å². The fourth-order valence-corrected chi connectivity index (χ4v) is 3.33. The number of anilines is 1. The van der Waals surface area contributed by atoms with Crippen molar-refractivity contribution in [3.8, 4) is 11.5 Å². The number of amides is 1. The van der Waals surface area contributed by atoms with Crippen LogP contribution in [0.3, 0.4) is 0 Å². The molecule has 1 unspecified atom stereocenters. The Morgan fingerprint density at radius 3 is 2.54 bits per heavy atom. The van der Waals surface area contributed by atoms with Crippen LogP contribution in [-0.2, 0) is 11.3 Å². The molecule has 2 rings (SSSR count). The minimum absolute atomic E-state index is 0.0267. The van der Waals surface area contributed by atoms with E-state index in [1.54, 1.807) is 18.2 Å². The number of halogens is 3. The lowest BCUT2D eigenvalue weighted by Gasteiger charge is -2.17. The van der Waals surface area contributed by atoms with Crippen LogP contribution in [-0.4, -0.2) is 33.2 Å². The zero-order chi connectivity index (χ0) is 20.8. The number of alkyl halides is 2. The van der Waals surface area contributed by atoms with Gasteiger partial charge in [-0.25, -0.2) is 0 Å². The molecule has 8 heteroatoms. The highest BCUT2D eigenvalue weighted by atomic mass is 35.5. The van der Waals surface area contributed by atoms with Crippen LogP contribution in [0.2, 0.25) is 5.02 Å². The van der Waals surface area contributed by atoms with Crippen molar-refractivity contribution in [3.63, 3.8) is 0 Å².